The lowest BCUT2D eigenvalue weighted by molar-refractivity contribution is -0.124. The van der Waals surface area contributed by atoms with E-state index in [1.807, 2.05) is 0 Å². The summed E-state index contributed by atoms with van der Waals surface area (Å²) in [7, 11) is 1.58. The SMILES string of the molecule is COc1ccc(CC(=O)NCC(N)=O)cc1. The zero-order chi connectivity index (χ0) is 12.0. The predicted molar refractivity (Wildman–Crippen MR) is 58.9 cm³/mol. The van der Waals surface area contributed by atoms with Crippen molar-refractivity contribution in [2.45, 2.75) is 6.42 Å². The van der Waals surface area contributed by atoms with Crippen LogP contribution in [0.15, 0.2) is 24.3 Å². The van der Waals surface area contributed by atoms with E-state index in [2.05, 4.69) is 5.32 Å². The van der Waals surface area contributed by atoms with Crippen molar-refractivity contribution in [2.75, 3.05) is 13.7 Å². The fourth-order valence-corrected chi connectivity index (χ4v) is 1.18. The molecule has 5 heteroatoms. The fraction of sp³-hybridized carbons (Fsp3) is 0.273. The zero-order valence-electron chi connectivity index (χ0n) is 9.03. The van der Waals surface area contributed by atoms with Crippen molar-refractivity contribution in [3.8, 4) is 5.75 Å². The molecule has 0 aliphatic rings. The fourth-order valence-electron chi connectivity index (χ4n) is 1.18. The van der Waals surface area contributed by atoms with E-state index in [-0.39, 0.29) is 18.9 Å². The van der Waals surface area contributed by atoms with Crippen molar-refractivity contribution in [1.82, 2.24) is 5.32 Å². The van der Waals surface area contributed by atoms with Gasteiger partial charge in [-0.3, -0.25) is 9.59 Å². The molecule has 2 amide bonds. The van der Waals surface area contributed by atoms with Crippen LogP contribution in [-0.2, 0) is 16.0 Å². The Morgan fingerprint density at radius 3 is 2.44 bits per heavy atom. The predicted octanol–water partition coefficient (Wildman–Crippen LogP) is -0.161. The number of ether oxygens (including phenoxy) is 1. The second-order valence-corrected chi connectivity index (χ2v) is 3.27. The molecule has 0 spiro atoms. The van der Waals surface area contributed by atoms with E-state index in [1.54, 1.807) is 31.4 Å². The second kappa shape index (κ2) is 5.75. The molecule has 0 atom stereocenters. The van der Waals surface area contributed by atoms with Crippen molar-refractivity contribution in [2.24, 2.45) is 5.73 Å². The zero-order valence-corrected chi connectivity index (χ0v) is 9.03. The smallest absolute Gasteiger partial charge is 0.236 e. The van der Waals surface area contributed by atoms with E-state index in [4.69, 9.17) is 10.5 Å². The van der Waals surface area contributed by atoms with Gasteiger partial charge in [-0.25, -0.2) is 0 Å². The first-order chi connectivity index (χ1) is 7.61. The van der Waals surface area contributed by atoms with Gasteiger partial charge in [0.25, 0.3) is 0 Å². The summed E-state index contributed by atoms with van der Waals surface area (Å²) in [5.41, 5.74) is 5.75. The Balaban J connectivity index is 2.46. The maximum Gasteiger partial charge on any atom is 0.236 e. The number of benzene rings is 1. The highest BCUT2D eigenvalue weighted by Crippen LogP contribution is 2.11. The highest BCUT2D eigenvalue weighted by molar-refractivity contribution is 5.84. The average molecular weight is 222 g/mol. The topological polar surface area (TPSA) is 81.4 Å². The first kappa shape index (κ1) is 12.0. The van der Waals surface area contributed by atoms with Crippen molar-refractivity contribution in [3.63, 3.8) is 0 Å². The molecule has 0 heterocycles. The van der Waals surface area contributed by atoms with E-state index in [9.17, 15) is 9.59 Å². The van der Waals surface area contributed by atoms with Crippen LogP contribution in [-0.4, -0.2) is 25.5 Å². The molecule has 0 aliphatic heterocycles. The van der Waals surface area contributed by atoms with Gasteiger partial charge < -0.3 is 15.8 Å². The van der Waals surface area contributed by atoms with Crippen molar-refractivity contribution < 1.29 is 14.3 Å². The van der Waals surface area contributed by atoms with Gasteiger partial charge in [0.2, 0.25) is 11.8 Å². The molecule has 3 N–H and O–H groups in total. The van der Waals surface area contributed by atoms with E-state index < -0.39 is 5.91 Å². The first-order valence-electron chi connectivity index (χ1n) is 4.79. The van der Waals surface area contributed by atoms with Crippen molar-refractivity contribution >= 4 is 11.8 Å². The maximum atomic E-state index is 11.3. The summed E-state index contributed by atoms with van der Waals surface area (Å²) in [6, 6.07) is 7.14. The lowest BCUT2D eigenvalue weighted by atomic mass is 10.1. The summed E-state index contributed by atoms with van der Waals surface area (Å²) in [4.78, 5) is 21.8. The Morgan fingerprint density at radius 1 is 1.31 bits per heavy atom. The number of amides is 2. The van der Waals surface area contributed by atoms with Crippen LogP contribution >= 0.6 is 0 Å². The van der Waals surface area contributed by atoms with Gasteiger partial charge in [0.05, 0.1) is 20.1 Å². The van der Waals surface area contributed by atoms with E-state index >= 15 is 0 Å². The highest BCUT2D eigenvalue weighted by atomic mass is 16.5. The minimum absolute atomic E-state index is 0.130. The van der Waals surface area contributed by atoms with Crippen molar-refractivity contribution in [3.05, 3.63) is 29.8 Å². The third-order valence-electron chi connectivity index (χ3n) is 1.98. The quantitative estimate of drug-likeness (QED) is 0.726. The average Bonchev–Trinajstić information content (AvgIpc) is 2.27. The standard InChI is InChI=1S/C11H14N2O3/c1-16-9-4-2-8(3-5-9)6-11(15)13-7-10(12)14/h2-5H,6-7H2,1H3,(H2,12,14)(H,13,15). The highest BCUT2D eigenvalue weighted by Gasteiger charge is 2.04. The molecule has 0 bridgehead atoms. The lowest BCUT2D eigenvalue weighted by Gasteiger charge is -2.04. The number of hydrogen-bond acceptors (Lipinski definition) is 3. The number of methoxy groups -OCH3 is 1. The molecule has 0 saturated carbocycles. The van der Waals surface area contributed by atoms with Gasteiger partial charge in [-0.1, -0.05) is 12.1 Å². The summed E-state index contributed by atoms with van der Waals surface area (Å²) < 4.78 is 4.99. The van der Waals surface area contributed by atoms with Crippen LogP contribution in [0.2, 0.25) is 0 Å². The van der Waals surface area contributed by atoms with Gasteiger partial charge >= 0.3 is 0 Å². The van der Waals surface area contributed by atoms with Crippen LogP contribution in [0.1, 0.15) is 5.56 Å². The Hall–Kier alpha value is -2.04. The number of primary amides is 1. The molecule has 0 aromatic heterocycles. The lowest BCUT2D eigenvalue weighted by Crippen LogP contribution is -2.34. The number of rotatable bonds is 5. The molecule has 16 heavy (non-hydrogen) atoms. The summed E-state index contributed by atoms with van der Waals surface area (Å²) >= 11 is 0. The van der Waals surface area contributed by atoms with Crippen LogP contribution in [0, 0.1) is 0 Å². The largest absolute Gasteiger partial charge is 0.497 e. The van der Waals surface area contributed by atoms with E-state index in [0.717, 1.165) is 11.3 Å². The van der Waals surface area contributed by atoms with Crippen LogP contribution in [0.25, 0.3) is 0 Å². The Morgan fingerprint density at radius 2 is 1.94 bits per heavy atom. The number of nitrogens with two attached hydrogens (primary N) is 1. The van der Waals surface area contributed by atoms with E-state index in [1.165, 1.54) is 0 Å². The Bertz CT molecular complexity index is 373. The number of nitrogens with one attached hydrogen (secondary N) is 1. The van der Waals surface area contributed by atoms with Gasteiger partial charge in [-0.15, -0.1) is 0 Å². The molecule has 5 nitrogen and oxygen atoms in total. The third-order valence-corrected chi connectivity index (χ3v) is 1.98. The molecule has 0 saturated heterocycles. The molecular weight excluding hydrogens is 208 g/mol. The molecule has 86 valence electrons. The molecule has 1 aromatic carbocycles. The molecule has 0 fully saturated rings. The molecule has 0 radical (unpaired) electrons. The van der Waals surface area contributed by atoms with Crippen LogP contribution in [0.4, 0.5) is 0 Å². The monoisotopic (exact) mass is 222 g/mol. The van der Waals surface area contributed by atoms with Gasteiger partial charge in [-0.05, 0) is 17.7 Å². The summed E-state index contributed by atoms with van der Waals surface area (Å²) in [6.07, 6.45) is 0.220. The summed E-state index contributed by atoms with van der Waals surface area (Å²) in [5.74, 6) is -0.0478. The third kappa shape index (κ3) is 4.00. The normalized spacial score (nSPS) is 9.56. The number of hydrogen-bond donors (Lipinski definition) is 2. The number of carbonyl (C=O) groups is 2. The molecule has 0 aliphatic carbocycles. The van der Waals surface area contributed by atoms with E-state index in [0.29, 0.717) is 0 Å². The van der Waals surface area contributed by atoms with Gasteiger partial charge in [0.1, 0.15) is 5.75 Å². The van der Waals surface area contributed by atoms with Crippen LogP contribution in [0.3, 0.4) is 0 Å². The summed E-state index contributed by atoms with van der Waals surface area (Å²) in [5, 5.41) is 2.41. The van der Waals surface area contributed by atoms with Crippen molar-refractivity contribution in [1.29, 1.82) is 0 Å². The van der Waals surface area contributed by atoms with Crippen LogP contribution < -0.4 is 15.8 Å². The Kier molecular flexibility index (Phi) is 4.32. The molecule has 1 aromatic rings. The maximum absolute atomic E-state index is 11.3. The first-order valence-corrected chi connectivity index (χ1v) is 4.79. The molecule has 0 unspecified atom stereocenters. The molecular formula is C11H14N2O3. The number of carbonyl (C=O) groups excluding carboxylic acids is 2. The van der Waals surface area contributed by atoms with Gasteiger partial charge in [0.15, 0.2) is 0 Å². The summed E-state index contributed by atoms with van der Waals surface area (Å²) in [6.45, 7) is -0.130. The van der Waals surface area contributed by atoms with Gasteiger partial charge in [0, 0.05) is 0 Å². The molecule has 1 rings (SSSR count). The van der Waals surface area contributed by atoms with Crippen LogP contribution in [0.5, 0.6) is 5.75 Å². The minimum atomic E-state index is -0.553. The minimum Gasteiger partial charge on any atom is -0.497 e. The second-order valence-electron chi connectivity index (χ2n) is 3.27. The van der Waals surface area contributed by atoms with Gasteiger partial charge in [-0.2, -0.15) is 0 Å². The Labute approximate surface area is 93.6 Å².